The third kappa shape index (κ3) is 3.90. The number of benzene rings is 1. The zero-order valence-corrected chi connectivity index (χ0v) is 16.1. The molecule has 1 aliphatic rings. The quantitative estimate of drug-likeness (QED) is 0.408. The smallest absolute Gasteiger partial charge is 0.404 e. The van der Waals surface area contributed by atoms with E-state index in [4.69, 9.17) is 14.8 Å². The first-order chi connectivity index (χ1) is 13.9. The zero-order chi connectivity index (χ0) is 20.6. The molecule has 4 rings (SSSR count). The number of fused-ring (bicyclic) bond motifs is 1. The molecule has 3 aromatic rings. The highest BCUT2D eigenvalue weighted by Crippen LogP contribution is 2.49. The number of aliphatic hydroxyl groups is 1. The average Bonchev–Trinajstić information content (AvgIpc) is 3.05. The van der Waals surface area contributed by atoms with E-state index in [2.05, 4.69) is 15.0 Å². The molecule has 0 bridgehead atoms. The summed E-state index contributed by atoms with van der Waals surface area (Å²) in [7, 11) is -4.29. The van der Waals surface area contributed by atoms with E-state index in [1.54, 1.807) is 34.9 Å². The number of hydrogen-bond acceptors (Lipinski definition) is 8. The van der Waals surface area contributed by atoms with Gasteiger partial charge >= 0.3 is 7.82 Å². The van der Waals surface area contributed by atoms with Crippen molar-refractivity contribution in [3.05, 3.63) is 47.0 Å². The van der Waals surface area contributed by atoms with Gasteiger partial charge < -0.3 is 19.9 Å². The van der Waals surface area contributed by atoms with E-state index in [-0.39, 0.29) is 48.3 Å². The predicted octanol–water partition coefficient (Wildman–Crippen LogP) is 1.07. The molecule has 1 fully saturated rings. The van der Waals surface area contributed by atoms with E-state index in [1.165, 1.54) is 6.33 Å². The van der Waals surface area contributed by atoms with Crippen molar-refractivity contribution in [2.24, 2.45) is 11.8 Å². The van der Waals surface area contributed by atoms with Gasteiger partial charge in [-0.3, -0.25) is 19.2 Å². The molecule has 1 unspecified atom stereocenters. The normalized spacial score (nSPS) is 23.4. The summed E-state index contributed by atoms with van der Waals surface area (Å²) in [6, 6.07) is 8.01. The third-order valence-electron chi connectivity index (χ3n) is 5.08. The summed E-state index contributed by atoms with van der Waals surface area (Å²) in [4.78, 5) is 32.4. The van der Waals surface area contributed by atoms with Crippen molar-refractivity contribution in [3.8, 4) is 5.75 Å². The molecule has 29 heavy (non-hydrogen) atoms. The molecule has 1 saturated carbocycles. The van der Waals surface area contributed by atoms with E-state index >= 15 is 0 Å². The van der Waals surface area contributed by atoms with Crippen LogP contribution < -0.4 is 15.8 Å². The molecule has 2 heterocycles. The van der Waals surface area contributed by atoms with Crippen LogP contribution in [0.2, 0.25) is 0 Å². The van der Waals surface area contributed by atoms with Gasteiger partial charge in [0.1, 0.15) is 5.75 Å². The van der Waals surface area contributed by atoms with Crippen molar-refractivity contribution in [1.29, 1.82) is 0 Å². The number of phosphoric ester groups is 1. The Morgan fingerprint density at radius 2 is 2.10 bits per heavy atom. The fourth-order valence-electron chi connectivity index (χ4n) is 3.58. The van der Waals surface area contributed by atoms with E-state index in [9.17, 15) is 19.4 Å². The second-order valence-corrected chi connectivity index (χ2v) is 8.23. The standard InChI is InChI=1S/C17H20N5O6P/c18-17-20-15-14(16(24)21-17)19-9-22(15)13-6-10(12(13)7-23)8-27-29(25,26)28-11-4-2-1-3-5-11/h1-5,9-10,12-13,23H,6-8H2,(H,25,26)(H3,18,20,21,24)/t10-,12+,13+/m0/s1. The molecule has 1 aromatic carbocycles. The third-order valence-corrected chi connectivity index (χ3v) is 6.00. The van der Waals surface area contributed by atoms with Crippen molar-refractivity contribution >= 4 is 24.9 Å². The molecule has 2 aromatic heterocycles. The molecule has 5 N–H and O–H groups in total. The topological polar surface area (TPSA) is 166 Å². The first-order valence-corrected chi connectivity index (χ1v) is 10.4. The zero-order valence-electron chi connectivity index (χ0n) is 15.2. The van der Waals surface area contributed by atoms with Crippen LogP contribution in [-0.4, -0.2) is 42.7 Å². The van der Waals surface area contributed by atoms with E-state index in [1.807, 2.05) is 0 Å². The van der Waals surface area contributed by atoms with Crippen LogP contribution in [-0.2, 0) is 9.09 Å². The molecule has 154 valence electrons. The van der Waals surface area contributed by atoms with Crippen molar-refractivity contribution in [1.82, 2.24) is 19.5 Å². The van der Waals surface area contributed by atoms with Crippen LogP contribution in [0.3, 0.4) is 0 Å². The molecule has 11 nitrogen and oxygen atoms in total. The first-order valence-electron chi connectivity index (χ1n) is 8.93. The van der Waals surface area contributed by atoms with Crippen LogP contribution in [0.15, 0.2) is 41.5 Å². The summed E-state index contributed by atoms with van der Waals surface area (Å²) >= 11 is 0. The Bertz CT molecular complexity index is 1120. The number of phosphoric acid groups is 1. The molecular formula is C17H20N5O6P. The SMILES string of the molecule is Nc1nc2c(ncn2[C@@H]2C[C@@H](COP(=O)(O)Oc3ccccc3)[C@H]2CO)c(=O)[nH]1. The highest BCUT2D eigenvalue weighted by molar-refractivity contribution is 7.47. The van der Waals surface area contributed by atoms with Crippen molar-refractivity contribution < 1.29 is 23.6 Å². The Balaban J connectivity index is 1.44. The van der Waals surface area contributed by atoms with Crippen LogP contribution in [0, 0.1) is 11.8 Å². The lowest BCUT2D eigenvalue weighted by atomic mass is 9.70. The monoisotopic (exact) mass is 421 g/mol. The number of aromatic amines is 1. The summed E-state index contributed by atoms with van der Waals surface area (Å²) in [5, 5.41) is 9.81. The highest BCUT2D eigenvalue weighted by Gasteiger charge is 2.44. The second-order valence-electron chi connectivity index (χ2n) is 6.85. The molecule has 12 heteroatoms. The van der Waals surface area contributed by atoms with Crippen LogP contribution in [0.5, 0.6) is 5.75 Å². The van der Waals surface area contributed by atoms with Crippen molar-refractivity contribution in [2.45, 2.75) is 12.5 Å². The van der Waals surface area contributed by atoms with Crippen LogP contribution in [0.4, 0.5) is 5.95 Å². The van der Waals surface area contributed by atoms with Gasteiger partial charge in [0.05, 0.1) is 12.9 Å². The summed E-state index contributed by atoms with van der Waals surface area (Å²) < 4.78 is 24.0. The van der Waals surface area contributed by atoms with Gasteiger partial charge in [0.2, 0.25) is 5.95 Å². The average molecular weight is 421 g/mol. The maximum Gasteiger partial charge on any atom is 0.527 e. The highest BCUT2D eigenvalue weighted by atomic mass is 31.2. The van der Waals surface area contributed by atoms with Gasteiger partial charge in [0.15, 0.2) is 11.2 Å². The van der Waals surface area contributed by atoms with E-state index in [0.29, 0.717) is 12.1 Å². The van der Waals surface area contributed by atoms with Crippen molar-refractivity contribution in [3.63, 3.8) is 0 Å². The molecule has 0 saturated heterocycles. The molecular weight excluding hydrogens is 401 g/mol. The molecule has 0 spiro atoms. The Labute approximate surface area is 164 Å². The number of imidazole rings is 1. The molecule has 1 aliphatic carbocycles. The number of hydrogen-bond donors (Lipinski definition) is 4. The Morgan fingerprint density at radius 3 is 2.83 bits per heavy atom. The second kappa shape index (κ2) is 7.60. The number of H-pyrrole nitrogens is 1. The molecule has 4 atom stereocenters. The van der Waals surface area contributed by atoms with Gasteiger partial charge in [0.25, 0.3) is 5.56 Å². The summed E-state index contributed by atoms with van der Waals surface area (Å²) in [6.45, 7) is -0.239. The van der Waals surface area contributed by atoms with Gasteiger partial charge in [-0.1, -0.05) is 18.2 Å². The summed E-state index contributed by atoms with van der Waals surface area (Å²) in [5.41, 5.74) is 5.66. The van der Waals surface area contributed by atoms with E-state index in [0.717, 1.165) is 0 Å². The van der Waals surface area contributed by atoms with Crippen molar-refractivity contribution in [2.75, 3.05) is 18.9 Å². The number of nitrogens with zero attached hydrogens (tertiary/aromatic N) is 3. The predicted molar refractivity (Wildman–Crippen MR) is 103 cm³/mol. The minimum Gasteiger partial charge on any atom is -0.404 e. The Hall–Kier alpha value is -2.72. The maximum absolute atomic E-state index is 12.2. The fraction of sp³-hybridized carbons (Fsp3) is 0.353. The van der Waals surface area contributed by atoms with Gasteiger partial charge in [0, 0.05) is 18.6 Å². The molecule has 0 aliphatic heterocycles. The molecule has 0 radical (unpaired) electrons. The number of anilines is 1. The first kappa shape index (κ1) is 19.6. The van der Waals surface area contributed by atoms with Crippen LogP contribution in [0.25, 0.3) is 11.2 Å². The minimum absolute atomic E-state index is 0.0247. The minimum atomic E-state index is -4.29. The lowest BCUT2D eigenvalue weighted by Gasteiger charge is -2.44. The number of nitrogens with one attached hydrogen (secondary N) is 1. The summed E-state index contributed by atoms with van der Waals surface area (Å²) in [6.07, 6.45) is 2.02. The number of aliphatic hydroxyl groups excluding tert-OH is 1. The number of nitrogens with two attached hydrogens (primary N) is 1. The van der Waals surface area contributed by atoms with Crippen LogP contribution in [0.1, 0.15) is 12.5 Å². The Kier molecular flexibility index (Phi) is 5.13. The van der Waals surface area contributed by atoms with Gasteiger partial charge in [-0.05, 0) is 24.5 Å². The maximum atomic E-state index is 12.2. The number of rotatable bonds is 7. The van der Waals surface area contributed by atoms with Gasteiger partial charge in [-0.2, -0.15) is 4.98 Å². The Morgan fingerprint density at radius 1 is 1.34 bits per heavy atom. The van der Waals surface area contributed by atoms with Gasteiger partial charge in [-0.15, -0.1) is 0 Å². The number of para-hydroxylation sites is 1. The van der Waals surface area contributed by atoms with E-state index < -0.39 is 13.4 Å². The largest absolute Gasteiger partial charge is 0.527 e. The molecule has 0 amide bonds. The number of nitrogen functional groups attached to an aromatic ring is 1. The lowest BCUT2D eigenvalue weighted by molar-refractivity contribution is -0.00487. The number of aromatic nitrogens is 4. The van der Waals surface area contributed by atoms with Crippen LogP contribution >= 0.6 is 7.82 Å². The lowest BCUT2D eigenvalue weighted by Crippen LogP contribution is -2.43. The fourth-order valence-corrected chi connectivity index (χ4v) is 4.40. The summed E-state index contributed by atoms with van der Waals surface area (Å²) in [5.74, 6) is -0.251. The van der Waals surface area contributed by atoms with Gasteiger partial charge in [-0.25, -0.2) is 9.55 Å².